The van der Waals surface area contributed by atoms with Gasteiger partial charge in [0.25, 0.3) is 5.91 Å². The lowest BCUT2D eigenvalue weighted by Crippen LogP contribution is -2.12. The summed E-state index contributed by atoms with van der Waals surface area (Å²) in [7, 11) is 3.25. The van der Waals surface area contributed by atoms with E-state index < -0.39 is 11.9 Å². The maximum Gasteiger partial charge on any atom is 0.252 e. The molecule has 0 unspecified atom stereocenters. The first kappa shape index (κ1) is 17.5. The third-order valence-electron chi connectivity index (χ3n) is 4.20. The lowest BCUT2D eigenvalue weighted by molar-refractivity contribution is 0.0997. The summed E-state index contributed by atoms with van der Waals surface area (Å²) in [6, 6.07) is 10.4. The first-order chi connectivity index (χ1) is 12.4. The molecule has 1 aromatic heterocycles. The Bertz CT molecular complexity index is 982. The zero-order valence-electron chi connectivity index (χ0n) is 14.7. The number of nitrogens with two attached hydrogens (primary N) is 1. The van der Waals surface area contributed by atoms with Crippen molar-refractivity contribution >= 4 is 11.6 Å². The Morgan fingerprint density at radius 1 is 1.27 bits per heavy atom. The van der Waals surface area contributed by atoms with Gasteiger partial charge >= 0.3 is 0 Å². The molecule has 0 aliphatic carbocycles. The van der Waals surface area contributed by atoms with Crippen LogP contribution >= 0.6 is 0 Å². The fraction of sp³-hybridized carbons (Fsp3) is 0.158. The van der Waals surface area contributed by atoms with Gasteiger partial charge < -0.3 is 15.8 Å². The van der Waals surface area contributed by atoms with E-state index in [2.05, 4.69) is 10.4 Å². The highest BCUT2D eigenvalue weighted by Crippen LogP contribution is 2.29. The number of amides is 1. The number of nitrogens with zero attached hydrogens (tertiary/aromatic N) is 2. The summed E-state index contributed by atoms with van der Waals surface area (Å²) in [6.07, 6.45) is 1.60. The van der Waals surface area contributed by atoms with Gasteiger partial charge in [-0.3, -0.25) is 4.79 Å². The monoisotopic (exact) mass is 354 g/mol. The molecule has 1 heterocycles. The molecule has 26 heavy (non-hydrogen) atoms. The number of halogens is 1. The van der Waals surface area contributed by atoms with E-state index >= 15 is 0 Å². The summed E-state index contributed by atoms with van der Waals surface area (Å²) in [5.74, 6) is -0.941. The molecule has 134 valence electrons. The van der Waals surface area contributed by atoms with Crippen molar-refractivity contribution < 1.29 is 13.9 Å². The number of rotatable bonds is 5. The second-order valence-corrected chi connectivity index (χ2v) is 5.81. The standard InChI is InChI=1S/C19H19FN4O2/c1-11-4-6-13(9-16(11)22-2)24-10-15(18(20)23-24)12-5-7-14(19(21)25)17(8-12)26-3/h4-10,22H,1-3H3,(H2,21,25). The first-order valence-corrected chi connectivity index (χ1v) is 7.96. The number of aromatic nitrogens is 2. The van der Waals surface area contributed by atoms with Crippen LogP contribution in [0.25, 0.3) is 16.8 Å². The Morgan fingerprint density at radius 3 is 2.69 bits per heavy atom. The van der Waals surface area contributed by atoms with E-state index in [1.54, 1.807) is 18.3 Å². The second-order valence-electron chi connectivity index (χ2n) is 5.81. The van der Waals surface area contributed by atoms with Crippen molar-refractivity contribution in [2.24, 2.45) is 5.73 Å². The van der Waals surface area contributed by atoms with Crippen LogP contribution in [-0.4, -0.2) is 29.8 Å². The van der Waals surface area contributed by atoms with Crippen LogP contribution < -0.4 is 15.8 Å². The van der Waals surface area contributed by atoms with E-state index in [9.17, 15) is 9.18 Å². The summed E-state index contributed by atoms with van der Waals surface area (Å²) < 4.78 is 21.1. The van der Waals surface area contributed by atoms with E-state index in [-0.39, 0.29) is 11.3 Å². The average molecular weight is 354 g/mol. The molecule has 0 radical (unpaired) electrons. The Hall–Kier alpha value is -3.35. The van der Waals surface area contributed by atoms with Gasteiger partial charge in [0.05, 0.1) is 23.9 Å². The van der Waals surface area contributed by atoms with Crippen molar-refractivity contribution in [3.05, 3.63) is 59.7 Å². The second kappa shape index (κ2) is 6.87. The van der Waals surface area contributed by atoms with Gasteiger partial charge in [-0.15, -0.1) is 5.10 Å². The molecule has 3 N–H and O–H groups in total. The van der Waals surface area contributed by atoms with E-state index in [0.29, 0.717) is 11.1 Å². The predicted molar refractivity (Wildman–Crippen MR) is 98.3 cm³/mol. The minimum absolute atomic E-state index is 0.237. The molecule has 0 spiro atoms. The highest BCUT2D eigenvalue weighted by Gasteiger charge is 2.16. The number of anilines is 1. The van der Waals surface area contributed by atoms with Crippen LogP contribution in [0.1, 0.15) is 15.9 Å². The Balaban J connectivity index is 2.05. The van der Waals surface area contributed by atoms with E-state index in [1.165, 1.54) is 17.9 Å². The summed E-state index contributed by atoms with van der Waals surface area (Å²) >= 11 is 0. The van der Waals surface area contributed by atoms with Crippen LogP contribution in [0.2, 0.25) is 0 Å². The fourth-order valence-corrected chi connectivity index (χ4v) is 2.76. The molecule has 0 saturated carbocycles. The topological polar surface area (TPSA) is 82.2 Å². The Morgan fingerprint density at radius 2 is 2.04 bits per heavy atom. The summed E-state index contributed by atoms with van der Waals surface area (Å²) in [5.41, 5.74) is 9.13. The number of carbonyl (C=O) groups is 1. The fourth-order valence-electron chi connectivity index (χ4n) is 2.76. The van der Waals surface area contributed by atoms with Crippen LogP contribution in [0.4, 0.5) is 10.1 Å². The van der Waals surface area contributed by atoms with Crippen LogP contribution in [0.3, 0.4) is 0 Å². The third kappa shape index (κ3) is 3.11. The van der Waals surface area contributed by atoms with Gasteiger partial charge in [0.2, 0.25) is 5.95 Å². The normalized spacial score (nSPS) is 10.6. The molecule has 0 aliphatic heterocycles. The number of nitrogens with one attached hydrogen (secondary N) is 1. The van der Waals surface area contributed by atoms with E-state index in [4.69, 9.17) is 10.5 Å². The minimum Gasteiger partial charge on any atom is -0.496 e. The molecule has 3 rings (SSSR count). The number of methoxy groups -OCH3 is 1. The van der Waals surface area contributed by atoms with Gasteiger partial charge in [0, 0.05) is 18.9 Å². The van der Waals surface area contributed by atoms with Gasteiger partial charge in [-0.05, 0) is 42.3 Å². The van der Waals surface area contributed by atoms with Crippen LogP contribution in [0.15, 0.2) is 42.6 Å². The highest BCUT2D eigenvalue weighted by molar-refractivity contribution is 5.96. The Labute approximate surface area is 150 Å². The smallest absolute Gasteiger partial charge is 0.252 e. The van der Waals surface area contributed by atoms with Gasteiger partial charge in [-0.1, -0.05) is 12.1 Å². The molecule has 3 aromatic rings. The lowest BCUT2D eigenvalue weighted by Gasteiger charge is -2.08. The number of ether oxygens (including phenoxy) is 1. The maximum atomic E-state index is 14.5. The number of carbonyl (C=O) groups excluding carboxylic acids is 1. The Kier molecular flexibility index (Phi) is 4.62. The quantitative estimate of drug-likeness (QED) is 0.737. The van der Waals surface area contributed by atoms with Crippen molar-refractivity contribution in [2.45, 2.75) is 6.92 Å². The number of aryl methyl sites for hydroxylation is 1. The largest absolute Gasteiger partial charge is 0.496 e. The van der Waals surface area contributed by atoms with Crippen molar-refractivity contribution in [1.29, 1.82) is 0 Å². The molecule has 6 nitrogen and oxygen atoms in total. The number of benzene rings is 2. The summed E-state index contributed by atoms with van der Waals surface area (Å²) in [5, 5.41) is 7.06. The summed E-state index contributed by atoms with van der Waals surface area (Å²) in [4.78, 5) is 11.4. The molecule has 0 bridgehead atoms. The number of hydrogen-bond donors (Lipinski definition) is 2. The average Bonchev–Trinajstić information content (AvgIpc) is 3.03. The number of hydrogen-bond acceptors (Lipinski definition) is 4. The van der Waals surface area contributed by atoms with Crippen molar-refractivity contribution in [3.63, 3.8) is 0 Å². The molecule has 2 aromatic carbocycles. The maximum absolute atomic E-state index is 14.5. The molecular weight excluding hydrogens is 335 g/mol. The molecule has 0 fully saturated rings. The highest BCUT2D eigenvalue weighted by atomic mass is 19.1. The third-order valence-corrected chi connectivity index (χ3v) is 4.20. The first-order valence-electron chi connectivity index (χ1n) is 7.96. The molecule has 0 saturated heterocycles. The minimum atomic E-state index is -0.620. The van der Waals surface area contributed by atoms with Gasteiger partial charge in [-0.25, -0.2) is 4.68 Å². The zero-order chi connectivity index (χ0) is 18.8. The zero-order valence-corrected chi connectivity index (χ0v) is 14.7. The number of primary amides is 1. The lowest BCUT2D eigenvalue weighted by atomic mass is 10.1. The van der Waals surface area contributed by atoms with Crippen molar-refractivity contribution in [2.75, 3.05) is 19.5 Å². The van der Waals surface area contributed by atoms with Crippen molar-refractivity contribution in [1.82, 2.24) is 9.78 Å². The van der Waals surface area contributed by atoms with Crippen molar-refractivity contribution in [3.8, 4) is 22.6 Å². The van der Waals surface area contributed by atoms with Crippen LogP contribution in [0, 0.1) is 12.9 Å². The van der Waals surface area contributed by atoms with Gasteiger partial charge in [-0.2, -0.15) is 4.39 Å². The van der Waals surface area contributed by atoms with E-state index in [0.717, 1.165) is 16.9 Å². The molecule has 0 atom stereocenters. The molecule has 1 amide bonds. The van der Waals surface area contributed by atoms with Gasteiger partial charge in [0.1, 0.15) is 5.75 Å². The molecular formula is C19H19FN4O2. The van der Waals surface area contributed by atoms with Gasteiger partial charge in [0.15, 0.2) is 0 Å². The van der Waals surface area contributed by atoms with Crippen LogP contribution in [0.5, 0.6) is 5.75 Å². The molecule has 7 heteroatoms. The van der Waals surface area contributed by atoms with Crippen LogP contribution in [-0.2, 0) is 0 Å². The summed E-state index contributed by atoms with van der Waals surface area (Å²) in [6.45, 7) is 1.98. The predicted octanol–water partition coefficient (Wildman–Crippen LogP) is 3.14. The SMILES string of the molecule is CNc1cc(-n2cc(-c3ccc(C(N)=O)c(OC)c3)c(F)n2)ccc1C. The van der Waals surface area contributed by atoms with E-state index in [1.807, 2.05) is 32.2 Å². The molecule has 0 aliphatic rings.